The van der Waals surface area contributed by atoms with Crippen LogP contribution in [0.5, 0.6) is 0 Å². The summed E-state index contributed by atoms with van der Waals surface area (Å²) < 4.78 is 40.8. The third-order valence-corrected chi connectivity index (χ3v) is 5.34. The van der Waals surface area contributed by atoms with Gasteiger partial charge in [-0.05, 0) is 73.7 Å². The van der Waals surface area contributed by atoms with Crippen molar-refractivity contribution in [3.8, 4) is 0 Å². The number of carbonyl (C=O) groups is 1. The van der Waals surface area contributed by atoms with Crippen molar-refractivity contribution in [1.29, 1.82) is 0 Å². The van der Waals surface area contributed by atoms with Crippen LogP contribution >= 0.6 is 0 Å². The second-order valence-corrected chi connectivity index (χ2v) is 7.75. The van der Waals surface area contributed by atoms with Crippen LogP contribution in [0.2, 0.25) is 0 Å². The Bertz CT molecular complexity index is 877. The Morgan fingerprint density at radius 1 is 1.14 bits per heavy atom. The molecular weight excluding hydrogens is 365 g/mol. The van der Waals surface area contributed by atoms with E-state index in [0.717, 1.165) is 36.7 Å². The number of halogens is 3. The Kier molecular flexibility index (Phi) is 5.79. The number of alkyl halides is 3. The Labute approximate surface area is 163 Å². The van der Waals surface area contributed by atoms with Gasteiger partial charge in [-0.2, -0.15) is 13.2 Å². The lowest BCUT2D eigenvalue weighted by molar-refractivity contribution is -0.138. The summed E-state index contributed by atoms with van der Waals surface area (Å²) in [5, 5.41) is 2.69. The molecular formula is C22H25F3N2O. The lowest BCUT2D eigenvalue weighted by Gasteiger charge is -2.20. The number of likely N-dealkylation sites (tertiary alicyclic amines) is 1. The highest BCUT2D eigenvalue weighted by molar-refractivity contribution is 6.04. The Morgan fingerprint density at radius 2 is 1.89 bits per heavy atom. The van der Waals surface area contributed by atoms with Crippen LogP contribution in [0.15, 0.2) is 36.4 Å². The number of anilines is 1. The molecule has 1 amide bonds. The largest absolute Gasteiger partial charge is 0.416 e. The summed E-state index contributed by atoms with van der Waals surface area (Å²) in [6.45, 7) is 7.82. The number of carbonyl (C=O) groups excluding carboxylic acids is 1. The Hall–Kier alpha value is -2.34. The molecule has 0 spiro atoms. The molecule has 6 heteroatoms. The van der Waals surface area contributed by atoms with Gasteiger partial charge in [0.2, 0.25) is 0 Å². The first-order valence-electron chi connectivity index (χ1n) is 9.44. The molecule has 2 aromatic carbocycles. The van der Waals surface area contributed by atoms with Crippen molar-refractivity contribution < 1.29 is 18.0 Å². The maximum absolute atomic E-state index is 13.6. The fourth-order valence-corrected chi connectivity index (χ4v) is 3.55. The van der Waals surface area contributed by atoms with Crippen molar-refractivity contribution >= 4 is 11.6 Å². The highest BCUT2D eigenvalue weighted by atomic mass is 19.4. The maximum Gasteiger partial charge on any atom is 0.416 e. The molecule has 1 N–H and O–H groups in total. The van der Waals surface area contributed by atoms with Crippen LogP contribution in [0, 0.1) is 19.8 Å². The van der Waals surface area contributed by atoms with Gasteiger partial charge in [0.15, 0.2) is 0 Å². The molecule has 1 fully saturated rings. The van der Waals surface area contributed by atoms with Crippen LogP contribution in [0.3, 0.4) is 0 Å². The molecule has 0 saturated carbocycles. The SMILES string of the molecule is Cc1ccc(NC(=O)c2ccc(CN3CCC(C)C3)c(C(F)(F)F)c2)cc1C. The van der Waals surface area contributed by atoms with Gasteiger partial charge in [0.05, 0.1) is 5.56 Å². The van der Waals surface area contributed by atoms with Crippen molar-refractivity contribution in [1.82, 2.24) is 4.90 Å². The van der Waals surface area contributed by atoms with E-state index in [0.29, 0.717) is 11.6 Å². The van der Waals surface area contributed by atoms with Crippen LogP contribution < -0.4 is 5.32 Å². The van der Waals surface area contributed by atoms with Gasteiger partial charge < -0.3 is 5.32 Å². The number of amides is 1. The van der Waals surface area contributed by atoms with Crippen molar-refractivity contribution in [2.24, 2.45) is 5.92 Å². The second-order valence-electron chi connectivity index (χ2n) is 7.75. The third-order valence-electron chi connectivity index (χ3n) is 5.34. The number of nitrogens with zero attached hydrogens (tertiary/aromatic N) is 1. The molecule has 0 radical (unpaired) electrons. The van der Waals surface area contributed by atoms with Gasteiger partial charge >= 0.3 is 6.18 Å². The Balaban J connectivity index is 1.83. The number of hydrogen-bond acceptors (Lipinski definition) is 2. The summed E-state index contributed by atoms with van der Waals surface area (Å²) in [4.78, 5) is 14.5. The van der Waals surface area contributed by atoms with Crippen LogP contribution in [0.25, 0.3) is 0 Å². The van der Waals surface area contributed by atoms with Gasteiger partial charge in [-0.25, -0.2) is 0 Å². The van der Waals surface area contributed by atoms with E-state index in [2.05, 4.69) is 12.2 Å². The fraction of sp³-hybridized carbons (Fsp3) is 0.409. The summed E-state index contributed by atoms with van der Waals surface area (Å²) in [7, 11) is 0. The standard InChI is InChI=1S/C22H25F3N2O/c1-14-8-9-27(12-14)13-18-6-5-17(11-20(18)22(23,24)25)21(28)26-19-7-4-15(2)16(3)10-19/h4-7,10-11,14H,8-9,12-13H2,1-3H3,(H,26,28). The van der Waals surface area contributed by atoms with Crippen molar-refractivity contribution in [3.63, 3.8) is 0 Å². The van der Waals surface area contributed by atoms with Gasteiger partial charge in [0, 0.05) is 24.3 Å². The molecule has 1 aliphatic rings. The summed E-state index contributed by atoms with van der Waals surface area (Å²) in [6.07, 6.45) is -3.50. The van der Waals surface area contributed by atoms with Crippen LogP contribution in [-0.4, -0.2) is 23.9 Å². The second kappa shape index (κ2) is 7.95. The molecule has 28 heavy (non-hydrogen) atoms. The van der Waals surface area contributed by atoms with E-state index in [-0.39, 0.29) is 17.7 Å². The molecule has 1 saturated heterocycles. The van der Waals surface area contributed by atoms with Crippen molar-refractivity contribution in [2.45, 2.75) is 39.9 Å². The zero-order valence-corrected chi connectivity index (χ0v) is 16.4. The first kappa shape index (κ1) is 20.4. The molecule has 1 aliphatic heterocycles. The van der Waals surface area contributed by atoms with E-state index < -0.39 is 17.6 Å². The first-order chi connectivity index (χ1) is 13.1. The quantitative estimate of drug-likeness (QED) is 0.756. The molecule has 1 atom stereocenters. The fourth-order valence-electron chi connectivity index (χ4n) is 3.55. The lowest BCUT2D eigenvalue weighted by Crippen LogP contribution is -2.23. The average Bonchev–Trinajstić information content (AvgIpc) is 3.02. The van der Waals surface area contributed by atoms with Crippen molar-refractivity contribution in [3.05, 3.63) is 64.2 Å². The topological polar surface area (TPSA) is 32.3 Å². The van der Waals surface area contributed by atoms with Gasteiger partial charge in [0.1, 0.15) is 0 Å². The zero-order valence-electron chi connectivity index (χ0n) is 16.4. The summed E-state index contributed by atoms with van der Waals surface area (Å²) in [5.41, 5.74) is 2.13. The highest BCUT2D eigenvalue weighted by Crippen LogP contribution is 2.34. The van der Waals surface area contributed by atoms with Gasteiger partial charge in [0.25, 0.3) is 5.91 Å². The van der Waals surface area contributed by atoms with E-state index in [9.17, 15) is 18.0 Å². The average molecular weight is 390 g/mol. The zero-order chi connectivity index (χ0) is 20.5. The molecule has 0 aliphatic carbocycles. The molecule has 3 rings (SSSR count). The molecule has 0 bridgehead atoms. The molecule has 1 heterocycles. The Morgan fingerprint density at radius 3 is 2.50 bits per heavy atom. The van der Waals surface area contributed by atoms with Gasteiger partial charge in [-0.3, -0.25) is 9.69 Å². The van der Waals surface area contributed by atoms with E-state index in [4.69, 9.17) is 0 Å². The normalized spacial score (nSPS) is 17.7. The first-order valence-corrected chi connectivity index (χ1v) is 9.44. The third kappa shape index (κ3) is 4.73. The smallest absolute Gasteiger partial charge is 0.322 e. The lowest BCUT2D eigenvalue weighted by atomic mass is 10.0. The minimum Gasteiger partial charge on any atom is -0.322 e. The van der Waals surface area contributed by atoms with Crippen LogP contribution in [0.4, 0.5) is 18.9 Å². The predicted octanol–water partition coefficient (Wildman–Crippen LogP) is 5.42. The van der Waals surface area contributed by atoms with E-state index in [1.807, 2.05) is 24.8 Å². The monoisotopic (exact) mass is 390 g/mol. The molecule has 1 unspecified atom stereocenters. The maximum atomic E-state index is 13.6. The number of aryl methyl sites for hydroxylation is 2. The minimum absolute atomic E-state index is 0.00379. The summed E-state index contributed by atoms with van der Waals surface area (Å²) in [6, 6.07) is 9.29. The number of rotatable bonds is 4. The van der Waals surface area contributed by atoms with E-state index >= 15 is 0 Å². The number of hydrogen-bond donors (Lipinski definition) is 1. The molecule has 0 aromatic heterocycles. The van der Waals surface area contributed by atoms with Crippen LogP contribution in [0.1, 0.15) is 46.0 Å². The van der Waals surface area contributed by atoms with E-state index in [1.54, 1.807) is 12.1 Å². The van der Waals surface area contributed by atoms with Gasteiger partial charge in [-0.1, -0.05) is 19.1 Å². The summed E-state index contributed by atoms with van der Waals surface area (Å²) in [5.74, 6) is -0.0487. The van der Waals surface area contributed by atoms with Gasteiger partial charge in [-0.15, -0.1) is 0 Å². The number of nitrogens with one attached hydrogen (secondary N) is 1. The summed E-state index contributed by atoms with van der Waals surface area (Å²) >= 11 is 0. The minimum atomic E-state index is -4.50. The predicted molar refractivity (Wildman–Crippen MR) is 104 cm³/mol. The van der Waals surface area contributed by atoms with E-state index in [1.165, 1.54) is 12.1 Å². The molecule has 2 aromatic rings. The molecule has 150 valence electrons. The highest BCUT2D eigenvalue weighted by Gasteiger charge is 2.35. The molecule has 3 nitrogen and oxygen atoms in total. The number of benzene rings is 2. The van der Waals surface area contributed by atoms with Crippen molar-refractivity contribution in [2.75, 3.05) is 18.4 Å². The van der Waals surface area contributed by atoms with Crippen LogP contribution in [-0.2, 0) is 12.7 Å².